The van der Waals surface area contributed by atoms with Gasteiger partial charge in [-0.2, -0.15) is 0 Å². The Balaban J connectivity index is 1.80. The van der Waals surface area contributed by atoms with Crippen LogP contribution in [0.3, 0.4) is 0 Å². The minimum atomic E-state index is -0.301. The van der Waals surface area contributed by atoms with Crippen LogP contribution in [0.25, 0.3) is 11.7 Å². The van der Waals surface area contributed by atoms with Crippen LogP contribution in [-0.4, -0.2) is 42.3 Å². The second-order valence-electron chi connectivity index (χ2n) is 8.13. The number of hydrogen-bond acceptors (Lipinski definition) is 7. The molecule has 9 heteroatoms. The molecule has 1 fully saturated rings. The Hall–Kier alpha value is -3.01. The number of hydrogen-bond donors (Lipinski definition) is 2. The largest absolute Gasteiger partial charge is 0.394 e. The molecule has 2 aromatic heterocycles. The van der Waals surface area contributed by atoms with Crippen LogP contribution in [-0.2, 0) is 4.79 Å². The highest BCUT2D eigenvalue weighted by Crippen LogP contribution is 2.38. The number of aliphatic hydroxyl groups excluding tert-OH is 1. The van der Waals surface area contributed by atoms with E-state index in [4.69, 9.17) is 12.2 Å². The molecule has 2 N–H and O–H groups in total. The Bertz CT molecular complexity index is 1330. The van der Waals surface area contributed by atoms with Gasteiger partial charge in [0.2, 0.25) is 0 Å². The van der Waals surface area contributed by atoms with Crippen molar-refractivity contribution in [3.05, 3.63) is 80.6 Å². The van der Waals surface area contributed by atoms with Gasteiger partial charge in [0.05, 0.1) is 29.2 Å². The van der Waals surface area contributed by atoms with Gasteiger partial charge >= 0.3 is 0 Å². The van der Waals surface area contributed by atoms with E-state index in [1.165, 1.54) is 16.2 Å². The molecule has 0 aliphatic carbocycles. The summed E-state index contributed by atoms with van der Waals surface area (Å²) in [5, 5.41) is 12.9. The number of aryl methyl sites for hydroxylation is 1. The number of benzene rings is 1. The lowest BCUT2D eigenvalue weighted by Crippen LogP contribution is -2.31. The lowest BCUT2D eigenvalue weighted by atomic mass is 10.1. The smallest absolute Gasteiger partial charge is 0.267 e. The van der Waals surface area contributed by atoms with E-state index < -0.39 is 0 Å². The molecule has 1 aromatic carbocycles. The summed E-state index contributed by atoms with van der Waals surface area (Å²) in [6.45, 7) is 5.63. The summed E-state index contributed by atoms with van der Waals surface area (Å²) >= 11 is 6.71. The molecule has 7 nitrogen and oxygen atoms in total. The van der Waals surface area contributed by atoms with Gasteiger partial charge in [-0.1, -0.05) is 67.3 Å². The molecule has 0 saturated carbocycles. The van der Waals surface area contributed by atoms with Crippen LogP contribution in [0, 0.1) is 6.92 Å². The van der Waals surface area contributed by atoms with E-state index >= 15 is 0 Å². The standard InChI is InChI=1S/C25H26N4O3S2/c1-4-18(14-30)26-21-19(23(31)28-12-8-9-15(2)22(28)27-21)13-20-24(32)29(25(33)34-20)16(3)17-10-6-5-7-11-17/h5-13,16,18,26,30H,4,14H2,1-3H3/b20-13-/t16-,18+/m0/s1. The van der Waals surface area contributed by atoms with Crippen LogP contribution in [0.1, 0.15) is 43.0 Å². The van der Waals surface area contributed by atoms with Crippen LogP contribution in [0.4, 0.5) is 5.82 Å². The minimum Gasteiger partial charge on any atom is -0.394 e. The van der Waals surface area contributed by atoms with Crippen molar-refractivity contribution >= 4 is 51.7 Å². The summed E-state index contributed by atoms with van der Waals surface area (Å²) in [5.41, 5.74) is 2.28. The predicted molar refractivity (Wildman–Crippen MR) is 141 cm³/mol. The van der Waals surface area contributed by atoms with Gasteiger partial charge in [0.15, 0.2) is 0 Å². The van der Waals surface area contributed by atoms with Crippen molar-refractivity contribution in [1.29, 1.82) is 0 Å². The van der Waals surface area contributed by atoms with E-state index in [1.807, 2.05) is 57.2 Å². The molecular weight excluding hydrogens is 468 g/mol. The van der Waals surface area contributed by atoms with Crippen molar-refractivity contribution in [2.75, 3.05) is 11.9 Å². The van der Waals surface area contributed by atoms with Gasteiger partial charge in [-0.15, -0.1) is 0 Å². The van der Waals surface area contributed by atoms with Gasteiger partial charge in [0.25, 0.3) is 11.5 Å². The molecule has 3 heterocycles. The molecule has 1 saturated heterocycles. The maximum absolute atomic E-state index is 13.5. The number of aliphatic hydroxyl groups is 1. The monoisotopic (exact) mass is 494 g/mol. The number of carbonyl (C=O) groups is 1. The van der Waals surface area contributed by atoms with Crippen molar-refractivity contribution in [3.8, 4) is 0 Å². The highest BCUT2D eigenvalue weighted by molar-refractivity contribution is 8.26. The Morgan fingerprint density at radius 1 is 1.21 bits per heavy atom. The summed E-state index contributed by atoms with van der Waals surface area (Å²) in [6, 6.07) is 12.8. The zero-order valence-electron chi connectivity index (χ0n) is 19.2. The van der Waals surface area contributed by atoms with Gasteiger partial charge in [-0.05, 0) is 43.5 Å². The number of rotatable bonds is 7. The summed E-state index contributed by atoms with van der Waals surface area (Å²) in [6.07, 6.45) is 3.86. The molecular formula is C25H26N4O3S2. The van der Waals surface area contributed by atoms with Crippen LogP contribution >= 0.6 is 24.0 Å². The number of anilines is 1. The van der Waals surface area contributed by atoms with E-state index in [2.05, 4.69) is 10.3 Å². The molecule has 1 aliphatic heterocycles. The Labute approximate surface area is 207 Å². The van der Waals surface area contributed by atoms with E-state index in [9.17, 15) is 14.7 Å². The first-order chi connectivity index (χ1) is 16.3. The number of thioether (sulfide) groups is 1. The van der Waals surface area contributed by atoms with Crippen LogP contribution in [0.15, 0.2) is 58.4 Å². The van der Waals surface area contributed by atoms with Crippen molar-refractivity contribution < 1.29 is 9.90 Å². The van der Waals surface area contributed by atoms with Gasteiger partial charge in [-0.3, -0.25) is 18.9 Å². The molecule has 4 rings (SSSR count). The van der Waals surface area contributed by atoms with Crippen molar-refractivity contribution in [3.63, 3.8) is 0 Å². The van der Waals surface area contributed by atoms with Gasteiger partial charge in [0, 0.05) is 6.20 Å². The fourth-order valence-corrected chi connectivity index (χ4v) is 5.25. The highest BCUT2D eigenvalue weighted by Gasteiger charge is 2.36. The van der Waals surface area contributed by atoms with Crippen LogP contribution in [0.2, 0.25) is 0 Å². The average molecular weight is 495 g/mol. The number of nitrogens with one attached hydrogen (secondary N) is 1. The highest BCUT2D eigenvalue weighted by atomic mass is 32.2. The summed E-state index contributed by atoms with van der Waals surface area (Å²) in [4.78, 5) is 33.5. The number of aromatic nitrogens is 2. The number of thiocarbonyl (C=S) groups is 1. The quantitative estimate of drug-likeness (QED) is 0.377. The van der Waals surface area contributed by atoms with E-state index in [0.29, 0.717) is 27.1 Å². The third-order valence-electron chi connectivity index (χ3n) is 5.91. The fraction of sp³-hybridized carbons (Fsp3) is 0.280. The maximum atomic E-state index is 13.5. The third kappa shape index (κ3) is 4.51. The van der Waals surface area contributed by atoms with Gasteiger partial charge in [-0.25, -0.2) is 4.98 Å². The second-order valence-corrected chi connectivity index (χ2v) is 9.81. The Morgan fingerprint density at radius 3 is 2.62 bits per heavy atom. The van der Waals surface area contributed by atoms with Gasteiger partial charge in [0.1, 0.15) is 15.8 Å². The normalized spacial score (nSPS) is 16.9. The second kappa shape index (κ2) is 10.1. The minimum absolute atomic E-state index is 0.110. The predicted octanol–water partition coefficient (Wildman–Crippen LogP) is 4.15. The molecule has 2 atom stereocenters. The van der Waals surface area contributed by atoms with Crippen LogP contribution < -0.4 is 10.9 Å². The first-order valence-corrected chi connectivity index (χ1v) is 12.3. The lowest BCUT2D eigenvalue weighted by molar-refractivity contribution is -0.123. The Morgan fingerprint density at radius 2 is 1.94 bits per heavy atom. The lowest BCUT2D eigenvalue weighted by Gasteiger charge is -2.23. The maximum Gasteiger partial charge on any atom is 0.267 e. The zero-order valence-corrected chi connectivity index (χ0v) is 20.8. The SMILES string of the molecule is CC[C@H](CO)Nc1nc2c(C)cccn2c(=O)c1/C=C1\SC(=S)N([C@@H](C)c2ccccc2)C1=O. The van der Waals surface area contributed by atoms with Crippen molar-refractivity contribution in [1.82, 2.24) is 14.3 Å². The number of fused-ring (bicyclic) bond motifs is 1. The van der Waals surface area contributed by atoms with E-state index in [1.54, 1.807) is 23.2 Å². The molecule has 0 unspecified atom stereocenters. The molecule has 1 amide bonds. The molecule has 3 aromatic rings. The average Bonchev–Trinajstić information content (AvgIpc) is 3.12. The van der Waals surface area contributed by atoms with Crippen LogP contribution in [0.5, 0.6) is 0 Å². The first kappa shape index (κ1) is 24.1. The number of amides is 1. The molecule has 1 aliphatic rings. The first-order valence-electron chi connectivity index (χ1n) is 11.1. The fourth-order valence-electron chi connectivity index (χ4n) is 3.85. The summed E-state index contributed by atoms with van der Waals surface area (Å²) < 4.78 is 1.91. The number of nitrogens with zero attached hydrogens (tertiary/aromatic N) is 3. The number of carbonyl (C=O) groups excluding carboxylic acids is 1. The van der Waals surface area contributed by atoms with E-state index in [-0.39, 0.29) is 35.7 Å². The molecule has 0 spiro atoms. The molecule has 0 radical (unpaired) electrons. The van der Waals surface area contributed by atoms with Gasteiger partial charge < -0.3 is 10.4 Å². The zero-order chi connectivity index (χ0) is 24.4. The van der Waals surface area contributed by atoms with Crippen molar-refractivity contribution in [2.24, 2.45) is 0 Å². The van der Waals surface area contributed by atoms with Crippen molar-refractivity contribution in [2.45, 2.75) is 39.3 Å². The van der Waals surface area contributed by atoms with E-state index in [0.717, 1.165) is 11.1 Å². The molecule has 34 heavy (non-hydrogen) atoms. The third-order valence-corrected chi connectivity index (χ3v) is 7.24. The number of pyridine rings is 1. The Kier molecular flexibility index (Phi) is 7.16. The summed E-state index contributed by atoms with van der Waals surface area (Å²) in [7, 11) is 0. The molecule has 0 bridgehead atoms. The topological polar surface area (TPSA) is 86.9 Å². The summed E-state index contributed by atoms with van der Waals surface area (Å²) in [5.74, 6) is 0.0850. The molecule has 176 valence electrons.